The van der Waals surface area contributed by atoms with Crippen LogP contribution in [0.15, 0.2) is 57.8 Å². The van der Waals surface area contributed by atoms with Crippen LogP contribution in [0, 0.1) is 6.92 Å². The summed E-state index contributed by atoms with van der Waals surface area (Å²) in [4.78, 5) is 15.3. The molecule has 29 heavy (non-hydrogen) atoms. The SMILES string of the molecule is Cc1c(C(=O)Nc2cccc(S(=O)(=O)/N=C3\CCCN3C)c2)sc2ccccc12. The maximum absolute atomic E-state index is 12.8. The summed E-state index contributed by atoms with van der Waals surface area (Å²) >= 11 is 1.42. The van der Waals surface area contributed by atoms with Crippen LogP contribution in [0.5, 0.6) is 0 Å². The normalized spacial score (nSPS) is 15.9. The fourth-order valence-electron chi connectivity index (χ4n) is 3.41. The number of amidine groups is 1. The van der Waals surface area contributed by atoms with Gasteiger partial charge in [0.25, 0.3) is 15.9 Å². The molecule has 1 fully saturated rings. The fraction of sp³-hybridized carbons (Fsp3) is 0.238. The summed E-state index contributed by atoms with van der Waals surface area (Å²) in [5.74, 6) is 0.320. The first kappa shape index (κ1) is 19.6. The van der Waals surface area contributed by atoms with Crippen molar-refractivity contribution in [3.05, 3.63) is 59.0 Å². The van der Waals surface area contributed by atoms with Crippen molar-refractivity contribution in [2.75, 3.05) is 18.9 Å². The van der Waals surface area contributed by atoms with Crippen molar-refractivity contribution in [3.63, 3.8) is 0 Å². The third-order valence-corrected chi connectivity index (χ3v) is 7.57. The van der Waals surface area contributed by atoms with Gasteiger partial charge in [0, 0.05) is 30.4 Å². The van der Waals surface area contributed by atoms with Gasteiger partial charge < -0.3 is 10.2 Å². The highest BCUT2D eigenvalue weighted by Gasteiger charge is 2.21. The molecule has 1 aromatic heterocycles. The minimum absolute atomic E-state index is 0.0659. The molecule has 6 nitrogen and oxygen atoms in total. The van der Waals surface area contributed by atoms with Gasteiger partial charge in [-0.25, -0.2) is 0 Å². The second-order valence-electron chi connectivity index (χ2n) is 7.04. The maximum Gasteiger partial charge on any atom is 0.284 e. The Morgan fingerprint density at radius 3 is 2.69 bits per heavy atom. The number of amides is 1. The Kier molecular flexibility index (Phi) is 5.14. The molecule has 0 aliphatic carbocycles. The van der Waals surface area contributed by atoms with Gasteiger partial charge in [-0.3, -0.25) is 4.79 Å². The van der Waals surface area contributed by atoms with Crippen LogP contribution >= 0.6 is 11.3 Å². The van der Waals surface area contributed by atoms with Crippen LogP contribution in [0.4, 0.5) is 5.69 Å². The lowest BCUT2D eigenvalue weighted by molar-refractivity contribution is 0.103. The van der Waals surface area contributed by atoms with Gasteiger partial charge in [-0.1, -0.05) is 24.3 Å². The topological polar surface area (TPSA) is 78.8 Å². The zero-order valence-electron chi connectivity index (χ0n) is 16.2. The number of carbonyl (C=O) groups excluding carboxylic acids is 1. The molecule has 2 aromatic carbocycles. The zero-order chi connectivity index (χ0) is 20.6. The Balaban J connectivity index is 1.60. The molecule has 1 N–H and O–H groups in total. The smallest absolute Gasteiger partial charge is 0.284 e. The molecule has 1 saturated heterocycles. The number of hydrogen-bond acceptors (Lipinski definition) is 4. The predicted molar refractivity (Wildman–Crippen MR) is 117 cm³/mol. The summed E-state index contributed by atoms with van der Waals surface area (Å²) in [5, 5.41) is 3.87. The van der Waals surface area contributed by atoms with Gasteiger partial charge in [0.05, 0.1) is 9.77 Å². The number of thiophene rings is 1. The number of anilines is 1. The number of fused-ring (bicyclic) bond motifs is 1. The highest BCUT2D eigenvalue weighted by Crippen LogP contribution is 2.31. The van der Waals surface area contributed by atoms with E-state index in [4.69, 9.17) is 0 Å². The molecular formula is C21H21N3O3S2. The summed E-state index contributed by atoms with van der Waals surface area (Å²) in [7, 11) is -1.99. The number of benzene rings is 2. The van der Waals surface area contributed by atoms with Gasteiger partial charge in [-0.15, -0.1) is 15.7 Å². The molecule has 0 atom stereocenters. The standard InChI is InChI=1S/C21H21N3O3S2/c1-14-17-9-3-4-10-18(17)28-20(14)21(25)22-15-7-5-8-16(13-15)29(26,27)23-19-11-6-12-24(19)2/h3-5,7-10,13H,6,11-12H2,1-2H3,(H,22,25)/b23-19+. The lowest BCUT2D eigenvalue weighted by Gasteiger charge is -2.11. The minimum atomic E-state index is -3.83. The molecule has 0 radical (unpaired) electrons. The molecule has 8 heteroatoms. The van der Waals surface area contributed by atoms with E-state index in [1.807, 2.05) is 43.1 Å². The van der Waals surface area contributed by atoms with Crippen molar-refractivity contribution in [2.45, 2.75) is 24.7 Å². The third kappa shape index (κ3) is 3.90. The number of likely N-dealkylation sites (tertiary alicyclic amines) is 1. The first-order valence-corrected chi connectivity index (χ1v) is 11.6. The first-order chi connectivity index (χ1) is 13.8. The molecule has 0 unspecified atom stereocenters. The molecule has 0 saturated carbocycles. The second kappa shape index (κ2) is 7.61. The van der Waals surface area contributed by atoms with Crippen LogP contribution in [0.25, 0.3) is 10.1 Å². The Bertz CT molecular complexity index is 1230. The lowest BCUT2D eigenvalue weighted by Crippen LogP contribution is -2.20. The molecule has 1 aliphatic heterocycles. The quantitative estimate of drug-likeness (QED) is 0.674. The average Bonchev–Trinajstić information content (AvgIpc) is 3.25. The van der Waals surface area contributed by atoms with Crippen LogP contribution in [0.1, 0.15) is 28.1 Å². The van der Waals surface area contributed by atoms with Crippen LogP contribution in [0.2, 0.25) is 0 Å². The monoisotopic (exact) mass is 427 g/mol. The largest absolute Gasteiger partial charge is 0.362 e. The van der Waals surface area contributed by atoms with Gasteiger partial charge in [0.2, 0.25) is 0 Å². The molecule has 2 heterocycles. The van der Waals surface area contributed by atoms with Crippen LogP contribution in [0.3, 0.4) is 0 Å². The van der Waals surface area contributed by atoms with Gasteiger partial charge in [-0.2, -0.15) is 8.42 Å². The number of nitrogens with one attached hydrogen (secondary N) is 1. The first-order valence-electron chi connectivity index (χ1n) is 9.30. The van der Waals surface area contributed by atoms with Crippen LogP contribution in [-0.4, -0.2) is 38.7 Å². The van der Waals surface area contributed by atoms with E-state index >= 15 is 0 Å². The summed E-state index contributed by atoms with van der Waals surface area (Å²) in [6.07, 6.45) is 1.55. The van der Waals surface area contributed by atoms with Crippen molar-refractivity contribution in [2.24, 2.45) is 4.40 Å². The highest BCUT2D eigenvalue weighted by atomic mass is 32.2. The fourth-order valence-corrected chi connectivity index (χ4v) is 5.66. The second-order valence-corrected chi connectivity index (χ2v) is 9.70. The van der Waals surface area contributed by atoms with Gasteiger partial charge >= 0.3 is 0 Å². The Morgan fingerprint density at radius 2 is 1.97 bits per heavy atom. The van der Waals surface area contributed by atoms with E-state index in [2.05, 4.69) is 9.71 Å². The Labute approximate surface area is 173 Å². The number of hydrogen-bond donors (Lipinski definition) is 1. The van der Waals surface area contributed by atoms with Crippen LogP contribution < -0.4 is 5.32 Å². The molecule has 4 rings (SSSR count). The van der Waals surface area contributed by atoms with E-state index in [0.29, 0.717) is 22.8 Å². The van der Waals surface area contributed by atoms with Crippen molar-refractivity contribution in [1.82, 2.24) is 4.90 Å². The Morgan fingerprint density at radius 1 is 1.17 bits per heavy atom. The maximum atomic E-state index is 12.8. The van der Waals surface area contributed by atoms with Crippen molar-refractivity contribution in [3.8, 4) is 0 Å². The molecular weight excluding hydrogens is 406 g/mol. The van der Waals surface area contributed by atoms with E-state index in [1.54, 1.807) is 12.1 Å². The molecule has 1 aliphatic rings. The molecule has 3 aromatic rings. The van der Waals surface area contributed by atoms with E-state index in [9.17, 15) is 13.2 Å². The minimum Gasteiger partial charge on any atom is -0.362 e. The average molecular weight is 428 g/mol. The van der Waals surface area contributed by atoms with E-state index in [0.717, 1.165) is 28.6 Å². The van der Waals surface area contributed by atoms with Gasteiger partial charge in [-0.05, 0) is 48.6 Å². The van der Waals surface area contributed by atoms with Gasteiger partial charge in [0.15, 0.2) is 0 Å². The van der Waals surface area contributed by atoms with Crippen LogP contribution in [-0.2, 0) is 10.0 Å². The molecule has 0 bridgehead atoms. The van der Waals surface area contributed by atoms with Gasteiger partial charge in [0.1, 0.15) is 5.84 Å². The van der Waals surface area contributed by atoms with Crippen molar-refractivity contribution < 1.29 is 13.2 Å². The summed E-state index contributed by atoms with van der Waals surface area (Å²) in [6.45, 7) is 2.72. The third-order valence-electron chi connectivity index (χ3n) is 5.00. The lowest BCUT2D eigenvalue weighted by atomic mass is 10.1. The zero-order valence-corrected chi connectivity index (χ0v) is 17.8. The number of rotatable bonds is 4. The number of carbonyl (C=O) groups is 1. The Hall–Kier alpha value is -2.71. The predicted octanol–water partition coefficient (Wildman–Crippen LogP) is 4.27. The molecule has 150 valence electrons. The number of sulfonamides is 1. The van der Waals surface area contributed by atoms with E-state index < -0.39 is 10.0 Å². The summed E-state index contributed by atoms with van der Waals surface area (Å²) in [5.41, 5.74) is 1.34. The summed E-state index contributed by atoms with van der Waals surface area (Å²) in [6, 6.07) is 14.1. The van der Waals surface area contributed by atoms with Crippen molar-refractivity contribution >= 4 is 48.9 Å². The van der Waals surface area contributed by atoms with E-state index in [-0.39, 0.29) is 10.8 Å². The number of aryl methyl sites for hydroxylation is 1. The highest BCUT2D eigenvalue weighted by molar-refractivity contribution is 7.90. The number of nitrogens with zero attached hydrogens (tertiary/aromatic N) is 2. The molecule has 1 amide bonds. The van der Waals surface area contributed by atoms with E-state index in [1.165, 1.54) is 23.5 Å². The summed E-state index contributed by atoms with van der Waals surface area (Å²) < 4.78 is 30.4. The van der Waals surface area contributed by atoms with Crippen molar-refractivity contribution in [1.29, 1.82) is 0 Å². The molecule has 0 spiro atoms.